The van der Waals surface area contributed by atoms with E-state index in [-0.39, 0.29) is 6.54 Å². The zero-order valence-electron chi connectivity index (χ0n) is 15.5. The number of aromatic amines is 2. The van der Waals surface area contributed by atoms with E-state index in [0.29, 0.717) is 22.8 Å². The minimum atomic E-state index is -4.49. The monoisotopic (exact) mass is 408 g/mol. The van der Waals surface area contributed by atoms with Crippen LogP contribution in [0.25, 0.3) is 33.7 Å². The van der Waals surface area contributed by atoms with E-state index < -0.39 is 11.9 Å². The number of benzene rings is 2. The van der Waals surface area contributed by atoms with Crippen LogP contribution in [0.3, 0.4) is 0 Å². The van der Waals surface area contributed by atoms with Gasteiger partial charge in [0.1, 0.15) is 11.5 Å². The van der Waals surface area contributed by atoms with Crippen molar-refractivity contribution in [1.29, 1.82) is 0 Å². The van der Waals surface area contributed by atoms with Gasteiger partial charge >= 0.3 is 6.18 Å². The zero-order chi connectivity index (χ0) is 20.7. The summed E-state index contributed by atoms with van der Waals surface area (Å²) in [4.78, 5) is 7.95. The number of hydrogen-bond acceptors (Lipinski definition) is 3. The molecule has 5 rings (SSSR count). The quantitative estimate of drug-likeness (QED) is 0.445. The van der Waals surface area contributed by atoms with Crippen molar-refractivity contribution < 1.29 is 13.2 Å². The van der Waals surface area contributed by atoms with Crippen LogP contribution >= 0.6 is 0 Å². The van der Waals surface area contributed by atoms with E-state index in [2.05, 4.69) is 25.3 Å². The van der Waals surface area contributed by atoms with Crippen molar-refractivity contribution in [3.05, 3.63) is 78.2 Å². The highest BCUT2D eigenvalue weighted by molar-refractivity contribution is 5.85. The second kappa shape index (κ2) is 6.87. The summed E-state index contributed by atoms with van der Waals surface area (Å²) in [5, 5.41) is 11.0. The molecule has 0 atom stereocenters. The molecule has 0 saturated carbocycles. The Morgan fingerprint density at radius 3 is 2.43 bits per heavy atom. The molecule has 150 valence electrons. The maximum Gasteiger partial charge on any atom is 0.435 e. The first-order valence-corrected chi connectivity index (χ1v) is 9.17. The summed E-state index contributed by atoms with van der Waals surface area (Å²) in [5.41, 5.74) is 3.54. The number of halogens is 3. The summed E-state index contributed by atoms with van der Waals surface area (Å²) >= 11 is 0. The van der Waals surface area contributed by atoms with Gasteiger partial charge in [-0.15, -0.1) is 0 Å². The van der Waals surface area contributed by atoms with E-state index in [1.807, 2.05) is 54.6 Å². The molecule has 0 fully saturated rings. The van der Waals surface area contributed by atoms with Gasteiger partial charge in [-0.25, -0.2) is 4.98 Å². The van der Waals surface area contributed by atoms with Gasteiger partial charge < -0.3 is 4.98 Å². The Morgan fingerprint density at radius 1 is 0.933 bits per heavy atom. The van der Waals surface area contributed by atoms with E-state index in [1.54, 1.807) is 0 Å². The topological polar surface area (TPSA) is 75.2 Å². The number of nitrogens with one attached hydrogen (secondary N) is 2. The zero-order valence-corrected chi connectivity index (χ0v) is 15.5. The average molecular weight is 408 g/mol. The number of alkyl halides is 3. The van der Waals surface area contributed by atoms with Crippen molar-refractivity contribution in [2.75, 3.05) is 0 Å². The molecule has 2 N–H and O–H groups in total. The second-order valence-electron chi connectivity index (χ2n) is 6.79. The van der Waals surface area contributed by atoms with E-state index in [9.17, 15) is 13.2 Å². The molecular weight excluding hydrogens is 393 g/mol. The van der Waals surface area contributed by atoms with Gasteiger partial charge in [0, 0.05) is 11.8 Å². The van der Waals surface area contributed by atoms with Gasteiger partial charge in [-0.1, -0.05) is 42.5 Å². The maximum absolute atomic E-state index is 12.9. The molecular formula is C21H15F3N6. The third kappa shape index (κ3) is 3.24. The van der Waals surface area contributed by atoms with E-state index in [1.165, 1.54) is 10.9 Å². The SMILES string of the molecule is FC(F)(F)c1ccn(Cc2[nH]nc(-c3ccccc3)c2-c2nc3ccccc3[nH]2)n1. The van der Waals surface area contributed by atoms with Crippen LogP contribution in [0.4, 0.5) is 13.2 Å². The van der Waals surface area contributed by atoms with Crippen LogP contribution in [0.1, 0.15) is 11.4 Å². The van der Waals surface area contributed by atoms with Gasteiger partial charge in [-0.05, 0) is 18.2 Å². The number of rotatable bonds is 4. The smallest absolute Gasteiger partial charge is 0.338 e. The highest BCUT2D eigenvalue weighted by atomic mass is 19.4. The Balaban J connectivity index is 1.62. The fraction of sp³-hybridized carbons (Fsp3) is 0.0952. The van der Waals surface area contributed by atoms with Crippen LogP contribution in [0.2, 0.25) is 0 Å². The van der Waals surface area contributed by atoms with Gasteiger partial charge in [0.15, 0.2) is 5.69 Å². The largest absolute Gasteiger partial charge is 0.435 e. The summed E-state index contributed by atoms with van der Waals surface area (Å²) in [6.45, 7) is 0.0856. The number of para-hydroxylation sites is 2. The highest BCUT2D eigenvalue weighted by Crippen LogP contribution is 2.33. The van der Waals surface area contributed by atoms with Gasteiger partial charge in [-0.3, -0.25) is 9.78 Å². The highest BCUT2D eigenvalue weighted by Gasteiger charge is 2.33. The van der Waals surface area contributed by atoms with Crippen LogP contribution in [0.5, 0.6) is 0 Å². The van der Waals surface area contributed by atoms with Crippen molar-refractivity contribution in [3.8, 4) is 22.6 Å². The predicted octanol–water partition coefficient (Wildman–Crippen LogP) is 4.88. The summed E-state index contributed by atoms with van der Waals surface area (Å²) in [5.74, 6) is 0.585. The minimum Gasteiger partial charge on any atom is -0.338 e. The number of H-pyrrole nitrogens is 2. The van der Waals surface area contributed by atoms with Crippen molar-refractivity contribution in [2.45, 2.75) is 12.7 Å². The molecule has 0 saturated heterocycles. The Bertz CT molecular complexity index is 1280. The Kier molecular flexibility index (Phi) is 4.16. The Morgan fingerprint density at radius 2 is 1.70 bits per heavy atom. The van der Waals surface area contributed by atoms with E-state index in [4.69, 9.17) is 0 Å². The first-order valence-electron chi connectivity index (χ1n) is 9.17. The van der Waals surface area contributed by atoms with Crippen molar-refractivity contribution in [1.82, 2.24) is 29.9 Å². The lowest BCUT2D eigenvalue weighted by Crippen LogP contribution is -2.09. The van der Waals surface area contributed by atoms with Crippen LogP contribution in [0, 0.1) is 0 Å². The van der Waals surface area contributed by atoms with Crippen LogP contribution in [0.15, 0.2) is 66.9 Å². The standard InChI is InChI=1S/C21H15F3N6/c22-21(23,24)17-10-11-30(29-17)12-16-18(19(28-27-16)13-6-2-1-3-7-13)20-25-14-8-4-5-9-15(14)26-20/h1-11H,12H2,(H,25,26)(H,27,28). The maximum atomic E-state index is 12.9. The lowest BCUT2D eigenvalue weighted by molar-refractivity contribution is -0.141. The number of fused-ring (bicyclic) bond motifs is 1. The molecule has 5 aromatic rings. The van der Waals surface area contributed by atoms with Crippen LogP contribution in [-0.2, 0) is 12.7 Å². The van der Waals surface area contributed by atoms with Crippen LogP contribution < -0.4 is 0 Å². The summed E-state index contributed by atoms with van der Waals surface area (Å²) < 4.78 is 40.0. The molecule has 0 bridgehead atoms. The first kappa shape index (κ1) is 18.2. The molecule has 0 spiro atoms. The third-order valence-corrected chi connectivity index (χ3v) is 4.77. The third-order valence-electron chi connectivity index (χ3n) is 4.77. The summed E-state index contributed by atoms with van der Waals surface area (Å²) in [7, 11) is 0. The molecule has 3 aromatic heterocycles. The van der Waals surface area contributed by atoms with Crippen molar-refractivity contribution in [2.24, 2.45) is 0 Å². The normalized spacial score (nSPS) is 12.0. The molecule has 0 unspecified atom stereocenters. The van der Waals surface area contributed by atoms with Crippen molar-refractivity contribution >= 4 is 11.0 Å². The molecule has 2 aromatic carbocycles. The number of nitrogens with zero attached hydrogens (tertiary/aromatic N) is 4. The number of hydrogen-bond donors (Lipinski definition) is 2. The molecule has 9 heteroatoms. The van der Waals surface area contributed by atoms with Gasteiger partial charge in [0.05, 0.1) is 28.8 Å². The summed E-state index contributed by atoms with van der Waals surface area (Å²) in [6.07, 6.45) is -3.19. The molecule has 0 aliphatic carbocycles. The van der Waals surface area contributed by atoms with Gasteiger partial charge in [0.2, 0.25) is 0 Å². The number of aromatic nitrogens is 6. The van der Waals surface area contributed by atoms with Crippen LogP contribution in [-0.4, -0.2) is 29.9 Å². The average Bonchev–Trinajstić information content (AvgIpc) is 3.46. The minimum absolute atomic E-state index is 0.0856. The van der Waals surface area contributed by atoms with Gasteiger partial charge in [0.25, 0.3) is 0 Å². The number of imidazole rings is 1. The molecule has 0 aliphatic heterocycles. The van der Waals surface area contributed by atoms with E-state index in [0.717, 1.165) is 22.7 Å². The fourth-order valence-electron chi connectivity index (χ4n) is 3.39. The molecule has 6 nitrogen and oxygen atoms in total. The lowest BCUT2D eigenvalue weighted by Gasteiger charge is -2.05. The predicted molar refractivity (Wildman–Crippen MR) is 105 cm³/mol. The molecule has 0 amide bonds. The molecule has 0 aliphatic rings. The van der Waals surface area contributed by atoms with Crippen molar-refractivity contribution in [3.63, 3.8) is 0 Å². The second-order valence-corrected chi connectivity index (χ2v) is 6.79. The molecule has 3 heterocycles. The van der Waals surface area contributed by atoms with Gasteiger partial charge in [-0.2, -0.15) is 23.4 Å². The summed E-state index contributed by atoms with van der Waals surface area (Å²) in [6, 6.07) is 18.1. The Hall–Kier alpha value is -3.88. The van der Waals surface area contributed by atoms with E-state index >= 15 is 0 Å². The molecule has 30 heavy (non-hydrogen) atoms. The first-order chi connectivity index (χ1) is 14.5. The molecule has 0 radical (unpaired) electrons. The lowest BCUT2D eigenvalue weighted by atomic mass is 10.1. The fourth-order valence-corrected chi connectivity index (χ4v) is 3.39. The Labute approximate surface area is 168 Å².